The molecule has 0 aliphatic carbocycles. The topological polar surface area (TPSA) is 65.2 Å². The van der Waals surface area contributed by atoms with Gasteiger partial charge in [-0.3, -0.25) is 0 Å². The second-order valence-electron chi connectivity index (χ2n) is 4.63. The predicted molar refractivity (Wildman–Crippen MR) is 104 cm³/mol. The van der Waals surface area contributed by atoms with E-state index in [1.54, 1.807) is 48.5 Å². The number of hydrogen-bond acceptors (Lipinski definition) is 6. The Bertz CT molecular complexity index is 656. The van der Waals surface area contributed by atoms with Crippen molar-refractivity contribution in [2.45, 2.75) is 0 Å². The predicted octanol–water partition coefficient (Wildman–Crippen LogP) is 5.43. The summed E-state index contributed by atoms with van der Waals surface area (Å²) in [5.41, 5.74) is 2.73. The second-order valence-corrected chi connectivity index (χ2v) is 7.97. The Balaban J connectivity index is 1.86. The number of nitrogens with zero attached hydrogens (tertiary/aromatic N) is 2. The largest absolute Gasteiger partial charge is 0.411 e. The maximum absolute atomic E-state index is 9.16. The van der Waals surface area contributed by atoms with Gasteiger partial charge in [0.2, 0.25) is 0 Å². The first-order valence-electron chi connectivity index (χ1n) is 6.82. The quantitative estimate of drug-likeness (QED) is 0.213. The third kappa shape index (κ3) is 5.63. The maximum Gasteiger partial charge on any atom is 0.0975 e. The molecule has 0 atom stereocenters. The van der Waals surface area contributed by atoms with E-state index in [9.17, 15) is 0 Å². The lowest BCUT2D eigenvalue weighted by molar-refractivity contribution is 0.319. The van der Waals surface area contributed by atoms with Crippen molar-refractivity contribution >= 4 is 56.2 Å². The lowest BCUT2D eigenvalue weighted by Crippen LogP contribution is -2.06. The third-order valence-corrected chi connectivity index (χ3v) is 5.73. The first-order valence-corrected chi connectivity index (χ1v) is 10.1. The number of benzene rings is 2. The van der Waals surface area contributed by atoms with E-state index in [-0.39, 0.29) is 0 Å². The molecule has 2 aromatic carbocycles. The minimum absolute atomic E-state index is 0.502. The van der Waals surface area contributed by atoms with Crippen LogP contribution in [0.4, 0.5) is 0 Å². The summed E-state index contributed by atoms with van der Waals surface area (Å²) in [5.74, 6) is 1.00. The first-order chi connectivity index (χ1) is 11.6. The highest BCUT2D eigenvalue weighted by Gasteiger charge is 2.08. The van der Waals surface area contributed by atoms with Crippen molar-refractivity contribution in [1.82, 2.24) is 0 Å². The SMILES string of the molecule is O/N=C(/CSSC/C(=N/O)c1ccc(Cl)cc1)c1ccc(Cl)cc1. The first kappa shape index (κ1) is 19.0. The van der Waals surface area contributed by atoms with E-state index in [4.69, 9.17) is 33.6 Å². The molecular weight excluding hydrogens is 387 g/mol. The molecule has 0 radical (unpaired) electrons. The molecule has 0 amide bonds. The van der Waals surface area contributed by atoms with Gasteiger partial charge in [0.25, 0.3) is 0 Å². The fourth-order valence-corrected chi connectivity index (χ4v) is 4.08. The van der Waals surface area contributed by atoms with Gasteiger partial charge in [-0.1, -0.05) is 79.4 Å². The summed E-state index contributed by atoms with van der Waals surface area (Å²) >= 11 is 11.7. The smallest absolute Gasteiger partial charge is 0.0975 e. The molecule has 126 valence electrons. The molecule has 24 heavy (non-hydrogen) atoms. The van der Waals surface area contributed by atoms with Gasteiger partial charge in [0.15, 0.2) is 0 Å². The molecule has 0 saturated heterocycles. The zero-order valence-electron chi connectivity index (χ0n) is 12.4. The van der Waals surface area contributed by atoms with Crippen molar-refractivity contribution in [3.8, 4) is 0 Å². The highest BCUT2D eigenvalue weighted by Crippen LogP contribution is 2.25. The van der Waals surface area contributed by atoms with E-state index in [0.29, 0.717) is 33.0 Å². The van der Waals surface area contributed by atoms with Crippen LogP contribution in [-0.2, 0) is 0 Å². The molecule has 0 heterocycles. The van der Waals surface area contributed by atoms with Crippen LogP contribution in [0.15, 0.2) is 58.8 Å². The van der Waals surface area contributed by atoms with Crippen LogP contribution >= 0.6 is 44.8 Å². The average molecular weight is 401 g/mol. The number of oxime groups is 2. The number of halogens is 2. The zero-order chi connectivity index (χ0) is 17.4. The van der Waals surface area contributed by atoms with E-state index in [1.165, 1.54) is 21.6 Å². The summed E-state index contributed by atoms with van der Waals surface area (Å²) in [6, 6.07) is 14.2. The van der Waals surface area contributed by atoms with Crippen LogP contribution in [0.25, 0.3) is 0 Å². The summed E-state index contributed by atoms with van der Waals surface area (Å²) < 4.78 is 0. The van der Waals surface area contributed by atoms with Crippen LogP contribution in [0.1, 0.15) is 11.1 Å². The number of rotatable bonds is 7. The fourth-order valence-electron chi connectivity index (χ4n) is 1.82. The fraction of sp³-hybridized carbons (Fsp3) is 0.125. The van der Waals surface area contributed by atoms with Gasteiger partial charge in [0.05, 0.1) is 22.9 Å². The molecule has 8 heteroatoms. The Morgan fingerprint density at radius 3 is 1.33 bits per heavy atom. The molecule has 0 aliphatic rings. The van der Waals surface area contributed by atoms with E-state index in [2.05, 4.69) is 10.3 Å². The molecule has 0 unspecified atom stereocenters. The van der Waals surface area contributed by atoms with Crippen molar-refractivity contribution in [3.63, 3.8) is 0 Å². The highest BCUT2D eigenvalue weighted by atomic mass is 35.5. The van der Waals surface area contributed by atoms with Crippen LogP contribution < -0.4 is 0 Å². The molecule has 0 aromatic heterocycles. The Morgan fingerprint density at radius 1 is 0.708 bits per heavy atom. The van der Waals surface area contributed by atoms with E-state index >= 15 is 0 Å². The third-order valence-electron chi connectivity index (χ3n) is 3.07. The standard InChI is InChI=1S/C16H14Cl2N2O2S2/c17-13-5-1-11(2-6-13)15(19-21)9-23-24-10-16(20-22)12-3-7-14(18)8-4-12/h1-8,21-22H,9-10H2/b19-15-,20-16-. The van der Waals surface area contributed by atoms with Crippen LogP contribution in [0, 0.1) is 0 Å². The van der Waals surface area contributed by atoms with Crippen molar-refractivity contribution in [1.29, 1.82) is 0 Å². The van der Waals surface area contributed by atoms with E-state index < -0.39 is 0 Å². The van der Waals surface area contributed by atoms with Gasteiger partial charge in [-0.05, 0) is 24.3 Å². The van der Waals surface area contributed by atoms with Gasteiger partial charge in [0.1, 0.15) is 0 Å². The van der Waals surface area contributed by atoms with Crippen LogP contribution in [-0.4, -0.2) is 33.3 Å². The van der Waals surface area contributed by atoms with E-state index in [1.807, 2.05) is 0 Å². The molecule has 0 aliphatic heterocycles. The van der Waals surface area contributed by atoms with E-state index in [0.717, 1.165) is 11.1 Å². The molecule has 0 fully saturated rings. The summed E-state index contributed by atoms with van der Waals surface area (Å²) in [7, 11) is 3.00. The molecule has 0 bridgehead atoms. The lowest BCUT2D eigenvalue weighted by Gasteiger charge is -2.06. The summed E-state index contributed by atoms with van der Waals surface area (Å²) in [5, 5.41) is 26.3. The van der Waals surface area contributed by atoms with Gasteiger partial charge in [-0.15, -0.1) is 0 Å². The number of hydrogen-bond donors (Lipinski definition) is 2. The van der Waals surface area contributed by atoms with Crippen molar-refractivity contribution in [2.75, 3.05) is 11.5 Å². The molecule has 2 aromatic rings. The average Bonchev–Trinajstić information content (AvgIpc) is 2.60. The van der Waals surface area contributed by atoms with Crippen molar-refractivity contribution in [3.05, 3.63) is 69.7 Å². The normalized spacial score (nSPS) is 12.4. The summed E-state index contributed by atoms with van der Waals surface area (Å²) in [6.45, 7) is 0. The minimum atomic E-state index is 0.502. The highest BCUT2D eigenvalue weighted by molar-refractivity contribution is 8.77. The lowest BCUT2D eigenvalue weighted by atomic mass is 10.1. The zero-order valence-corrected chi connectivity index (χ0v) is 15.5. The molecule has 2 N–H and O–H groups in total. The van der Waals surface area contributed by atoms with Crippen LogP contribution in [0.3, 0.4) is 0 Å². The monoisotopic (exact) mass is 400 g/mol. The maximum atomic E-state index is 9.16. The molecule has 0 saturated carbocycles. The second kappa shape index (κ2) is 9.84. The van der Waals surface area contributed by atoms with Gasteiger partial charge >= 0.3 is 0 Å². The van der Waals surface area contributed by atoms with Crippen LogP contribution in [0.2, 0.25) is 10.0 Å². The minimum Gasteiger partial charge on any atom is -0.411 e. The van der Waals surface area contributed by atoms with Gasteiger partial charge in [0, 0.05) is 21.2 Å². The van der Waals surface area contributed by atoms with Crippen LogP contribution in [0.5, 0.6) is 0 Å². The van der Waals surface area contributed by atoms with Gasteiger partial charge in [-0.25, -0.2) is 0 Å². The Morgan fingerprint density at radius 2 is 1.04 bits per heavy atom. The molecule has 4 nitrogen and oxygen atoms in total. The Labute approximate surface area is 157 Å². The molecular formula is C16H14Cl2N2O2S2. The van der Waals surface area contributed by atoms with Gasteiger partial charge in [-0.2, -0.15) is 0 Å². The Hall–Kier alpha value is -1.34. The van der Waals surface area contributed by atoms with Gasteiger partial charge < -0.3 is 10.4 Å². The molecule has 0 spiro atoms. The van der Waals surface area contributed by atoms with Crippen molar-refractivity contribution < 1.29 is 10.4 Å². The molecule has 2 rings (SSSR count). The summed E-state index contributed by atoms with van der Waals surface area (Å²) in [6.07, 6.45) is 0. The Kier molecular flexibility index (Phi) is 7.78. The van der Waals surface area contributed by atoms with Crippen molar-refractivity contribution in [2.24, 2.45) is 10.3 Å². The summed E-state index contributed by atoms with van der Waals surface area (Å²) in [4.78, 5) is 0.